The summed E-state index contributed by atoms with van der Waals surface area (Å²) in [6.45, 7) is 0. The highest BCUT2D eigenvalue weighted by Gasteiger charge is 2.17. The van der Waals surface area contributed by atoms with Gasteiger partial charge in [-0.15, -0.1) is 11.3 Å². The van der Waals surface area contributed by atoms with Crippen LogP contribution in [0.25, 0.3) is 109 Å². The molecule has 262 valence electrons. The molecule has 8 aromatic carbocycles. The minimum absolute atomic E-state index is 0.696. The van der Waals surface area contributed by atoms with E-state index in [-0.39, 0.29) is 0 Å². The minimum Gasteiger partial charge on any atom is -0.455 e. The fraction of sp³-hybridized carbons (Fsp3) is 0. The molecule has 0 N–H and O–H groups in total. The normalized spacial score (nSPS) is 11.6. The Hall–Kier alpha value is -7.14. The van der Waals surface area contributed by atoms with Crippen molar-refractivity contribution < 1.29 is 4.42 Å². The first-order chi connectivity index (χ1) is 27.7. The highest BCUT2D eigenvalue weighted by atomic mass is 32.1. The molecule has 3 nitrogen and oxygen atoms in total. The van der Waals surface area contributed by atoms with Crippen molar-refractivity contribution in [3.05, 3.63) is 194 Å². The van der Waals surface area contributed by atoms with Gasteiger partial charge in [-0.25, -0.2) is 9.97 Å². The summed E-state index contributed by atoms with van der Waals surface area (Å²) in [5.41, 5.74) is 13.3. The summed E-state index contributed by atoms with van der Waals surface area (Å²) in [5.74, 6) is 0.696. The van der Waals surface area contributed by atoms with Crippen molar-refractivity contribution in [2.24, 2.45) is 0 Å². The zero-order valence-electron chi connectivity index (χ0n) is 30.2. The number of thiophene rings is 1. The molecule has 0 unspecified atom stereocenters. The molecule has 0 bridgehead atoms. The van der Waals surface area contributed by atoms with Gasteiger partial charge in [-0.1, -0.05) is 152 Å². The van der Waals surface area contributed by atoms with E-state index in [1.807, 2.05) is 47.7 Å². The van der Waals surface area contributed by atoms with Crippen LogP contribution >= 0.6 is 11.3 Å². The lowest BCUT2D eigenvalue weighted by Crippen LogP contribution is -1.96. The molecule has 0 aliphatic carbocycles. The van der Waals surface area contributed by atoms with E-state index in [0.717, 1.165) is 77.8 Å². The van der Waals surface area contributed by atoms with Crippen LogP contribution in [0.4, 0.5) is 0 Å². The van der Waals surface area contributed by atoms with Crippen molar-refractivity contribution >= 4 is 53.4 Å². The standard InChI is InChI=1S/C52H32N2OS/c1-3-14-33(15-4-1)46-32-47(54-52(53-46)34-16-5-2-6-17-34)39-30-37(29-38(31-39)41-23-13-25-45-43-21-8-10-27-49(43)56-51(41)45)35-18-11-19-36(28-35)40-22-12-24-44-42-20-7-9-26-48(42)55-50(40)44/h1-32H. The summed E-state index contributed by atoms with van der Waals surface area (Å²) in [5, 5.41) is 4.81. The lowest BCUT2D eigenvalue weighted by molar-refractivity contribution is 0.670. The monoisotopic (exact) mass is 732 g/mol. The summed E-state index contributed by atoms with van der Waals surface area (Å²) in [4.78, 5) is 10.4. The van der Waals surface area contributed by atoms with E-state index in [1.165, 1.54) is 25.7 Å². The van der Waals surface area contributed by atoms with Crippen molar-refractivity contribution in [3.8, 4) is 67.3 Å². The maximum atomic E-state index is 6.49. The summed E-state index contributed by atoms with van der Waals surface area (Å²) in [6, 6.07) is 68.6. The number of hydrogen-bond acceptors (Lipinski definition) is 4. The van der Waals surface area contributed by atoms with Gasteiger partial charge in [0, 0.05) is 53.2 Å². The van der Waals surface area contributed by atoms with Crippen molar-refractivity contribution in [2.45, 2.75) is 0 Å². The Labute approximate surface area is 327 Å². The Morgan fingerprint density at radius 1 is 0.357 bits per heavy atom. The molecule has 3 heterocycles. The third kappa shape index (κ3) is 5.58. The molecule has 11 aromatic rings. The van der Waals surface area contributed by atoms with Gasteiger partial charge in [-0.3, -0.25) is 0 Å². The molecule has 0 radical (unpaired) electrons. The first kappa shape index (κ1) is 32.3. The number of fused-ring (bicyclic) bond motifs is 6. The van der Waals surface area contributed by atoms with Crippen LogP contribution in [0.15, 0.2) is 199 Å². The highest BCUT2D eigenvalue weighted by molar-refractivity contribution is 7.26. The quantitative estimate of drug-likeness (QED) is 0.171. The van der Waals surface area contributed by atoms with Gasteiger partial charge in [-0.2, -0.15) is 0 Å². The molecule has 56 heavy (non-hydrogen) atoms. The Balaban J connectivity index is 1.14. The van der Waals surface area contributed by atoms with E-state index in [9.17, 15) is 0 Å². The van der Waals surface area contributed by atoms with E-state index in [2.05, 4.69) is 158 Å². The van der Waals surface area contributed by atoms with Gasteiger partial charge in [0.05, 0.1) is 11.4 Å². The molecule has 3 aromatic heterocycles. The average Bonchev–Trinajstić information content (AvgIpc) is 3.86. The third-order valence-corrected chi connectivity index (χ3v) is 11.9. The number of hydrogen-bond donors (Lipinski definition) is 0. The van der Waals surface area contributed by atoms with Gasteiger partial charge in [0.15, 0.2) is 5.82 Å². The smallest absolute Gasteiger partial charge is 0.160 e. The van der Waals surface area contributed by atoms with E-state index in [0.29, 0.717) is 5.82 Å². The van der Waals surface area contributed by atoms with Crippen LogP contribution in [0.5, 0.6) is 0 Å². The number of furan rings is 1. The first-order valence-corrected chi connectivity index (χ1v) is 19.6. The molecule has 0 aliphatic heterocycles. The largest absolute Gasteiger partial charge is 0.455 e. The number of para-hydroxylation sites is 2. The van der Waals surface area contributed by atoms with Crippen LogP contribution in [-0.2, 0) is 0 Å². The fourth-order valence-corrected chi connectivity index (χ4v) is 9.22. The second-order valence-corrected chi connectivity index (χ2v) is 15.2. The topological polar surface area (TPSA) is 38.9 Å². The maximum absolute atomic E-state index is 6.49. The minimum atomic E-state index is 0.696. The Bertz CT molecular complexity index is 3190. The molecule has 0 amide bonds. The van der Waals surface area contributed by atoms with Gasteiger partial charge in [-0.05, 0) is 70.3 Å². The lowest BCUT2D eigenvalue weighted by Gasteiger charge is -2.14. The molecular weight excluding hydrogens is 701 g/mol. The second-order valence-electron chi connectivity index (χ2n) is 14.1. The lowest BCUT2D eigenvalue weighted by atomic mass is 9.92. The first-order valence-electron chi connectivity index (χ1n) is 18.8. The molecule has 0 atom stereocenters. The molecule has 0 saturated heterocycles. The van der Waals surface area contributed by atoms with Crippen LogP contribution in [-0.4, -0.2) is 9.97 Å². The van der Waals surface area contributed by atoms with Crippen LogP contribution in [0.2, 0.25) is 0 Å². The van der Waals surface area contributed by atoms with Crippen molar-refractivity contribution in [3.63, 3.8) is 0 Å². The summed E-state index contributed by atoms with van der Waals surface area (Å²) < 4.78 is 9.05. The SMILES string of the molecule is c1ccc(-c2cc(-c3cc(-c4cccc(-c5cccc6c5oc5ccccc56)c4)cc(-c4cccc5c4sc4ccccc45)c3)nc(-c3ccccc3)n2)cc1. The van der Waals surface area contributed by atoms with Gasteiger partial charge in [0.1, 0.15) is 11.2 Å². The van der Waals surface area contributed by atoms with Gasteiger partial charge in [0.25, 0.3) is 0 Å². The molecule has 0 fully saturated rings. The summed E-state index contributed by atoms with van der Waals surface area (Å²) >= 11 is 1.85. The number of benzene rings is 8. The maximum Gasteiger partial charge on any atom is 0.160 e. The molecule has 0 spiro atoms. The van der Waals surface area contributed by atoms with Crippen LogP contribution in [0.1, 0.15) is 0 Å². The molecule has 11 rings (SSSR count). The van der Waals surface area contributed by atoms with E-state index >= 15 is 0 Å². The Morgan fingerprint density at radius 3 is 1.77 bits per heavy atom. The molecule has 0 saturated carbocycles. The zero-order valence-corrected chi connectivity index (χ0v) is 31.0. The summed E-state index contributed by atoms with van der Waals surface area (Å²) in [6.07, 6.45) is 0. The van der Waals surface area contributed by atoms with Crippen molar-refractivity contribution in [2.75, 3.05) is 0 Å². The van der Waals surface area contributed by atoms with Gasteiger partial charge >= 0.3 is 0 Å². The Kier molecular flexibility index (Phi) is 7.68. The summed E-state index contributed by atoms with van der Waals surface area (Å²) in [7, 11) is 0. The van der Waals surface area contributed by atoms with Crippen LogP contribution < -0.4 is 0 Å². The predicted molar refractivity (Wildman–Crippen MR) is 235 cm³/mol. The number of rotatable bonds is 6. The van der Waals surface area contributed by atoms with E-state index in [1.54, 1.807) is 0 Å². The van der Waals surface area contributed by atoms with Crippen LogP contribution in [0.3, 0.4) is 0 Å². The van der Waals surface area contributed by atoms with Crippen LogP contribution in [0, 0.1) is 0 Å². The fourth-order valence-electron chi connectivity index (χ4n) is 7.98. The molecular formula is C52H32N2OS. The number of aromatic nitrogens is 2. The van der Waals surface area contributed by atoms with Gasteiger partial charge < -0.3 is 4.42 Å². The zero-order chi connectivity index (χ0) is 37.0. The van der Waals surface area contributed by atoms with E-state index < -0.39 is 0 Å². The molecule has 4 heteroatoms. The Morgan fingerprint density at radius 2 is 0.929 bits per heavy atom. The van der Waals surface area contributed by atoms with Gasteiger partial charge in [0.2, 0.25) is 0 Å². The number of nitrogens with zero attached hydrogens (tertiary/aromatic N) is 2. The van der Waals surface area contributed by atoms with Crippen molar-refractivity contribution in [1.29, 1.82) is 0 Å². The third-order valence-electron chi connectivity index (χ3n) is 10.7. The second kappa shape index (κ2) is 13.3. The van der Waals surface area contributed by atoms with Crippen molar-refractivity contribution in [1.82, 2.24) is 9.97 Å². The van der Waals surface area contributed by atoms with E-state index in [4.69, 9.17) is 14.4 Å². The molecule has 0 aliphatic rings. The average molecular weight is 733 g/mol. The highest BCUT2D eigenvalue weighted by Crippen LogP contribution is 2.43. The predicted octanol–water partition coefficient (Wildman–Crippen LogP) is 14.7.